The van der Waals surface area contributed by atoms with E-state index in [1.165, 1.54) is 33.0 Å². The van der Waals surface area contributed by atoms with Crippen molar-refractivity contribution in [3.63, 3.8) is 0 Å². The quantitative estimate of drug-likeness (QED) is 0.185. The van der Waals surface area contributed by atoms with Gasteiger partial charge in [-0.2, -0.15) is 0 Å². The van der Waals surface area contributed by atoms with E-state index in [9.17, 15) is 0 Å². The number of nitrogens with zero attached hydrogens (tertiary/aromatic N) is 1. The summed E-state index contributed by atoms with van der Waals surface area (Å²) in [5.41, 5.74) is 12.2. The first kappa shape index (κ1) is 27.9. The molecule has 1 heterocycles. The fourth-order valence-corrected chi connectivity index (χ4v) is 6.96. The summed E-state index contributed by atoms with van der Waals surface area (Å²) in [6.45, 7) is 0. The van der Waals surface area contributed by atoms with Crippen molar-refractivity contribution in [1.29, 1.82) is 0 Å². The van der Waals surface area contributed by atoms with E-state index in [1.54, 1.807) is 0 Å². The summed E-state index contributed by atoms with van der Waals surface area (Å²) in [5, 5.41) is 4.69. The van der Waals surface area contributed by atoms with E-state index < -0.39 is 0 Å². The van der Waals surface area contributed by atoms with Crippen molar-refractivity contribution < 1.29 is 4.42 Å². The number of furan rings is 1. The van der Waals surface area contributed by atoms with Crippen LogP contribution in [-0.4, -0.2) is 0 Å². The molecule has 0 aliphatic heterocycles. The van der Waals surface area contributed by atoms with E-state index in [2.05, 4.69) is 187 Å². The van der Waals surface area contributed by atoms with Gasteiger partial charge in [-0.05, 0) is 98.8 Å². The Morgan fingerprint density at radius 2 is 0.875 bits per heavy atom. The summed E-state index contributed by atoms with van der Waals surface area (Å²) in [4.78, 5) is 2.33. The molecule has 0 fully saturated rings. The molecule has 0 aliphatic rings. The van der Waals surface area contributed by atoms with Crippen LogP contribution in [0, 0.1) is 0 Å². The molecule has 0 bridgehead atoms. The molecule has 9 rings (SSSR count). The Labute approximate surface area is 279 Å². The van der Waals surface area contributed by atoms with Gasteiger partial charge in [-0.15, -0.1) is 0 Å². The van der Waals surface area contributed by atoms with Crippen LogP contribution in [0.3, 0.4) is 0 Å². The smallest absolute Gasteiger partial charge is 0.136 e. The van der Waals surface area contributed by atoms with E-state index in [-0.39, 0.29) is 0 Å². The van der Waals surface area contributed by atoms with Gasteiger partial charge in [-0.3, -0.25) is 0 Å². The number of rotatable bonds is 6. The number of anilines is 3. The van der Waals surface area contributed by atoms with Crippen molar-refractivity contribution in [2.24, 2.45) is 0 Å². The molecule has 0 saturated carbocycles. The van der Waals surface area contributed by atoms with Crippen molar-refractivity contribution in [3.8, 4) is 33.4 Å². The van der Waals surface area contributed by atoms with Crippen LogP contribution >= 0.6 is 0 Å². The summed E-state index contributed by atoms with van der Waals surface area (Å²) in [6, 6.07) is 66.8. The third-order valence-electron chi connectivity index (χ3n) is 9.25. The molecule has 226 valence electrons. The highest BCUT2D eigenvalue weighted by atomic mass is 16.3. The zero-order valence-electron chi connectivity index (χ0n) is 26.3. The van der Waals surface area contributed by atoms with Crippen LogP contribution in [-0.2, 0) is 0 Å². The second-order valence-corrected chi connectivity index (χ2v) is 12.2. The van der Waals surface area contributed by atoms with Crippen LogP contribution < -0.4 is 4.90 Å². The van der Waals surface area contributed by atoms with Crippen molar-refractivity contribution in [2.75, 3.05) is 4.90 Å². The largest absolute Gasteiger partial charge is 0.456 e. The number of benzene rings is 8. The van der Waals surface area contributed by atoms with Gasteiger partial charge in [0, 0.05) is 27.8 Å². The van der Waals surface area contributed by atoms with Crippen molar-refractivity contribution in [2.45, 2.75) is 0 Å². The zero-order chi connectivity index (χ0) is 31.9. The molecule has 2 heteroatoms. The Balaban J connectivity index is 1.20. The summed E-state index contributed by atoms with van der Waals surface area (Å²) in [7, 11) is 0. The van der Waals surface area contributed by atoms with Crippen LogP contribution in [0.2, 0.25) is 0 Å². The molecule has 0 saturated heterocycles. The molecule has 2 nitrogen and oxygen atoms in total. The van der Waals surface area contributed by atoms with Gasteiger partial charge in [-0.1, -0.05) is 133 Å². The Hall–Kier alpha value is -6.38. The van der Waals surface area contributed by atoms with Gasteiger partial charge >= 0.3 is 0 Å². The predicted molar refractivity (Wildman–Crippen MR) is 202 cm³/mol. The van der Waals surface area contributed by atoms with E-state index in [1.807, 2.05) is 6.07 Å². The van der Waals surface area contributed by atoms with Crippen LogP contribution in [0.1, 0.15) is 0 Å². The van der Waals surface area contributed by atoms with Gasteiger partial charge in [-0.25, -0.2) is 0 Å². The number of hydrogen-bond donors (Lipinski definition) is 0. The maximum atomic E-state index is 6.45. The van der Waals surface area contributed by atoms with Crippen LogP contribution in [0.5, 0.6) is 0 Å². The third-order valence-corrected chi connectivity index (χ3v) is 9.25. The minimum Gasteiger partial charge on any atom is -0.456 e. The first-order chi connectivity index (χ1) is 23.8. The van der Waals surface area contributed by atoms with Gasteiger partial charge in [0.05, 0.1) is 0 Å². The zero-order valence-corrected chi connectivity index (χ0v) is 26.3. The fraction of sp³-hybridized carbons (Fsp3) is 0. The highest BCUT2D eigenvalue weighted by Crippen LogP contribution is 2.42. The average Bonchev–Trinajstić information content (AvgIpc) is 3.55. The summed E-state index contributed by atoms with van der Waals surface area (Å²) >= 11 is 0. The average molecular weight is 614 g/mol. The Bertz CT molecular complexity index is 2530. The lowest BCUT2D eigenvalue weighted by atomic mass is 9.92. The highest BCUT2D eigenvalue weighted by Gasteiger charge is 2.17. The van der Waals surface area contributed by atoms with Crippen molar-refractivity contribution >= 4 is 49.8 Å². The van der Waals surface area contributed by atoms with Crippen molar-refractivity contribution in [1.82, 2.24) is 0 Å². The SMILES string of the molecule is c1ccc(-c2ccc(N(c3ccccc3)c3cccc(-c4ccc5c(-c6ccccc6)cc6oc7ccccc7c6c5c4)c3)cc2)cc1. The van der Waals surface area contributed by atoms with Crippen LogP contribution in [0.4, 0.5) is 17.1 Å². The lowest BCUT2D eigenvalue weighted by Gasteiger charge is -2.26. The van der Waals surface area contributed by atoms with Gasteiger partial charge in [0.25, 0.3) is 0 Å². The lowest BCUT2D eigenvalue weighted by molar-refractivity contribution is 0.669. The molecule has 8 aromatic carbocycles. The number of para-hydroxylation sites is 2. The van der Waals surface area contributed by atoms with Crippen LogP contribution in [0.15, 0.2) is 192 Å². The second kappa shape index (κ2) is 11.8. The highest BCUT2D eigenvalue weighted by molar-refractivity contribution is 6.22. The van der Waals surface area contributed by atoms with Gasteiger partial charge in [0.15, 0.2) is 0 Å². The Kier molecular flexibility index (Phi) is 6.84. The molecule has 0 amide bonds. The summed E-state index contributed by atoms with van der Waals surface area (Å²) in [5.74, 6) is 0. The number of fused-ring (bicyclic) bond motifs is 5. The Morgan fingerprint density at radius 3 is 1.65 bits per heavy atom. The van der Waals surface area contributed by atoms with E-state index in [0.717, 1.165) is 50.1 Å². The second-order valence-electron chi connectivity index (χ2n) is 12.2. The van der Waals surface area contributed by atoms with Crippen molar-refractivity contribution in [3.05, 3.63) is 188 Å². The molecule has 9 aromatic rings. The summed E-state index contributed by atoms with van der Waals surface area (Å²) < 4.78 is 6.45. The third kappa shape index (κ3) is 4.92. The molecule has 48 heavy (non-hydrogen) atoms. The Morgan fingerprint density at radius 1 is 0.312 bits per heavy atom. The molecular formula is C46H31NO. The predicted octanol–water partition coefficient (Wildman–Crippen LogP) is 13.2. The number of hydrogen-bond acceptors (Lipinski definition) is 2. The summed E-state index contributed by atoms with van der Waals surface area (Å²) in [6.07, 6.45) is 0. The molecule has 1 aromatic heterocycles. The van der Waals surface area contributed by atoms with E-state index in [0.29, 0.717) is 0 Å². The molecule has 0 aliphatic carbocycles. The first-order valence-electron chi connectivity index (χ1n) is 16.3. The maximum Gasteiger partial charge on any atom is 0.136 e. The molecule has 0 radical (unpaired) electrons. The van der Waals surface area contributed by atoms with Gasteiger partial charge in [0.2, 0.25) is 0 Å². The van der Waals surface area contributed by atoms with Gasteiger partial charge < -0.3 is 9.32 Å². The molecule has 0 N–H and O–H groups in total. The van der Waals surface area contributed by atoms with E-state index in [4.69, 9.17) is 4.42 Å². The monoisotopic (exact) mass is 613 g/mol. The maximum absolute atomic E-state index is 6.45. The topological polar surface area (TPSA) is 16.4 Å². The van der Waals surface area contributed by atoms with Gasteiger partial charge in [0.1, 0.15) is 11.2 Å². The lowest BCUT2D eigenvalue weighted by Crippen LogP contribution is -2.09. The fourth-order valence-electron chi connectivity index (χ4n) is 6.96. The molecule has 0 atom stereocenters. The van der Waals surface area contributed by atoms with E-state index >= 15 is 0 Å². The molecule has 0 unspecified atom stereocenters. The standard InChI is InChI=1S/C46H31NO/c1-4-13-32(14-5-1)33-23-26-38(27-24-33)47(37-18-8-3-9-19-37)39-20-12-17-35(29-39)36-25-28-40-42(34-15-6-2-7-16-34)31-45-46(43(40)30-36)41-21-10-11-22-44(41)48-45/h1-31H. The molecular weight excluding hydrogens is 583 g/mol. The minimum atomic E-state index is 0.905. The minimum absolute atomic E-state index is 0.905. The first-order valence-corrected chi connectivity index (χ1v) is 16.3. The molecule has 0 spiro atoms. The normalized spacial score (nSPS) is 11.3. The van der Waals surface area contributed by atoms with Crippen LogP contribution in [0.25, 0.3) is 66.1 Å².